The number of methoxy groups -OCH3 is 1. The molecule has 3 N–H and O–H groups in total. The van der Waals surface area contributed by atoms with Crippen LogP contribution in [0.3, 0.4) is 0 Å². The van der Waals surface area contributed by atoms with Gasteiger partial charge in [0.2, 0.25) is 0 Å². The standard InChI is InChI=1S/C21H19F2N3O2/c1-28-18-4-2-3-13(8-18)7-17-10-20(19(12-25-17)21(24)27)26-11-14-5-15(22)9-16(23)6-14/h2-6,8-10,12H,7,11H2,1H3,(H2,24,27)(H,25,26). The van der Waals surface area contributed by atoms with E-state index in [0.29, 0.717) is 23.4 Å². The van der Waals surface area contributed by atoms with Crippen molar-refractivity contribution in [3.63, 3.8) is 0 Å². The summed E-state index contributed by atoms with van der Waals surface area (Å²) in [6.07, 6.45) is 1.91. The molecular formula is C21H19F2N3O2. The lowest BCUT2D eigenvalue weighted by molar-refractivity contribution is 0.100. The summed E-state index contributed by atoms with van der Waals surface area (Å²) in [5, 5.41) is 3.02. The Bertz CT molecular complexity index is 988. The Morgan fingerprint density at radius 2 is 1.86 bits per heavy atom. The highest BCUT2D eigenvalue weighted by molar-refractivity contribution is 5.98. The maximum absolute atomic E-state index is 13.4. The Labute approximate surface area is 161 Å². The zero-order valence-electron chi connectivity index (χ0n) is 15.2. The number of amides is 1. The summed E-state index contributed by atoms with van der Waals surface area (Å²) >= 11 is 0. The lowest BCUT2D eigenvalue weighted by atomic mass is 10.1. The second-order valence-electron chi connectivity index (χ2n) is 6.25. The Kier molecular flexibility index (Phi) is 5.84. The van der Waals surface area contributed by atoms with Crippen molar-refractivity contribution in [2.24, 2.45) is 5.73 Å². The molecule has 7 heteroatoms. The molecule has 144 valence electrons. The molecule has 2 aromatic carbocycles. The molecule has 28 heavy (non-hydrogen) atoms. The van der Waals surface area contributed by atoms with Gasteiger partial charge in [0.05, 0.1) is 18.4 Å². The van der Waals surface area contributed by atoms with Crippen LogP contribution in [0.5, 0.6) is 5.75 Å². The number of benzene rings is 2. The molecule has 1 heterocycles. The highest BCUT2D eigenvalue weighted by Gasteiger charge is 2.11. The van der Waals surface area contributed by atoms with Crippen LogP contribution < -0.4 is 15.8 Å². The quantitative estimate of drug-likeness (QED) is 0.653. The Morgan fingerprint density at radius 1 is 1.11 bits per heavy atom. The first-order valence-electron chi connectivity index (χ1n) is 8.55. The van der Waals surface area contributed by atoms with Crippen molar-refractivity contribution in [2.75, 3.05) is 12.4 Å². The van der Waals surface area contributed by atoms with E-state index in [-0.39, 0.29) is 12.1 Å². The summed E-state index contributed by atoms with van der Waals surface area (Å²) in [5.74, 6) is -1.24. The summed E-state index contributed by atoms with van der Waals surface area (Å²) in [6.45, 7) is 0.123. The fraction of sp³-hybridized carbons (Fsp3) is 0.143. The molecule has 0 spiro atoms. The fourth-order valence-electron chi connectivity index (χ4n) is 2.84. The topological polar surface area (TPSA) is 77.2 Å². The maximum atomic E-state index is 13.4. The summed E-state index contributed by atoms with van der Waals surface area (Å²) in [6, 6.07) is 12.5. The number of halogens is 2. The third-order valence-corrected chi connectivity index (χ3v) is 4.15. The lowest BCUT2D eigenvalue weighted by Gasteiger charge is -2.12. The van der Waals surface area contributed by atoms with E-state index in [1.807, 2.05) is 24.3 Å². The summed E-state index contributed by atoms with van der Waals surface area (Å²) in [7, 11) is 1.59. The van der Waals surface area contributed by atoms with Crippen molar-refractivity contribution in [1.29, 1.82) is 0 Å². The molecule has 0 unspecified atom stereocenters. The Morgan fingerprint density at radius 3 is 2.54 bits per heavy atom. The van der Waals surface area contributed by atoms with Crippen molar-refractivity contribution < 1.29 is 18.3 Å². The highest BCUT2D eigenvalue weighted by Crippen LogP contribution is 2.21. The van der Waals surface area contributed by atoms with Gasteiger partial charge in [-0.2, -0.15) is 0 Å². The molecule has 0 aliphatic carbocycles. The molecule has 0 radical (unpaired) electrons. The third-order valence-electron chi connectivity index (χ3n) is 4.15. The number of pyridine rings is 1. The Balaban J connectivity index is 1.83. The SMILES string of the molecule is COc1cccc(Cc2cc(NCc3cc(F)cc(F)c3)c(C(N)=O)cn2)c1. The van der Waals surface area contributed by atoms with Crippen LogP contribution in [0.4, 0.5) is 14.5 Å². The first-order valence-corrected chi connectivity index (χ1v) is 8.55. The second kappa shape index (κ2) is 8.47. The van der Waals surface area contributed by atoms with Crippen molar-refractivity contribution in [3.8, 4) is 5.75 Å². The van der Waals surface area contributed by atoms with Gasteiger partial charge in [0.25, 0.3) is 5.91 Å². The van der Waals surface area contributed by atoms with E-state index in [1.165, 1.54) is 18.3 Å². The van der Waals surface area contributed by atoms with Crippen LogP contribution in [0, 0.1) is 11.6 Å². The zero-order valence-corrected chi connectivity index (χ0v) is 15.2. The van der Waals surface area contributed by atoms with E-state index < -0.39 is 17.5 Å². The van der Waals surface area contributed by atoms with Crippen LogP contribution in [0.1, 0.15) is 27.2 Å². The monoisotopic (exact) mass is 383 g/mol. The van der Waals surface area contributed by atoms with Crippen LogP contribution in [-0.2, 0) is 13.0 Å². The number of primary amides is 1. The minimum absolute atomic E-state index is 0.123. The lowest BCUT2D eigenvalue weighted by Crippen LogP contribution is -2.15. The number of rotatable bonds is 7. The molecule has 0 bridgehead atoms. The fourth-order valence-corrected chi connectivity index (χ4v) is 2.84. The van der Waals surface area contributed by atoms with Gasteiger partial charge < -0.3 is 15.8 Å². The molecule has 0 fully saturated rings. The normalized spacial score (nSPS) is 10.5. The number of hydrogen-bond acceptors (Lipinski definition) is 4. The van der Waals surface area contributed by atoms with E-state index in [0.717, 1.165) is 17.4 Å². The molecule has 0 aliphatic heterocycles. The summed E-state index contributed by atoms with van der Waals surface area (Å²) in [4.78, 5) is 16.0. The molecule has 0 saturated carbocycles. The van der Waals surface area contributed by atoms with Gasteiger partial charge in [0.15, 0.2) is 0 Å². The zero-order chi connectivity index (χ0) is 20.1. The van der Waals surface area contributed by atoms with Crippen molar-refractivity contribution in [2.45, 2.75) is 13.0 Å². The molecule has 3 rings (SSSR count). The number of carbonyl (C=O) groups is 1. The highest BCUT2D eigenvalue weighted by atomic mass is 19.1. The molecule has 0 aliphatic rings. The molecular weight excluding hydrogens is 364 g/mol. The average Bonchev–Trinajstić information content (AvgIpc) is 2.65. The smallest absolute Gasteiger partial charge is 0.252 e. The van der Waals surface area contributed by atoms with Gasteiger partial charge in [-0.25, -0.2) is 8.78 Å². The van der Waals surface area contributed by atoms with E-state index in [1.54, 1.807) is 13.2 Å². The number of anilines is 1. The number of nitrogens with zero attached hydrogens (tertiary/aromatic N) is 1. The van der Waals surface area contributed by atoms with Gasteiger partial charge in [-0.3, -0.25) is 9.78 Å². The predicted octanol–water partition coefficient (Wildman–Crippen LogP) is 3.67. The van der Waals surface area contributed by atoms with Gasteiger partial charge in [0.1, 0.15) is 17.4 Å². The Hall–Kier alpha value is -3.48. The number of nitrogens with two attached hydrogens (primary N) is 1. The van der Waals surface area contributed by atoms with Gasteiger partial charge in [-0.1, -0.05) is 12.1 Å². The minimum Gasteiger partial charge on any atom is -0.497 e. The van der Waals surface area contributed by atoms with E-state index in [2.05, 4.69) is 10.3 Å². The third kappa shape index (κ3) is 4.82. The molecule has 3 aromatic rings. The van der Waals surface area contributed by atoms with Crippen molar-refractivity contribution in [1.82, 2.24) is 4.98 Å². The molecule has 1 aromatic heterocycles. The van der Waals surface area contributed by atoms with Gasteiger partial charge in [0, 0.05) is 30.9 Å². The molecule has 0 saturated heterocycles. The number of hydrogen-bond donors (Lipinski definition) is 2. The number of aromatic nitrogens is 1. The second-order valence-corrected chi connectivity index (χ2v) is 6.25. The summed E-state index contributed by atoms with van der Waals surface area (Å²) < 4.78 is 32.0. The van der Waals surface area contributed by atoms with Gasteiger partial charge in [-0.15, -0.1) is 0 Å². The largest absolute Gasteiger partial charge is 0.497 e. The average molecular weight is 383 g/mol. The number of ether oxygens (including phenoxy) is 1. The van der Waals surface area contributed by atoms with E-state index in [9.17, 15) is 13.6 Å². The van der Waals surface area contributed by atoms with Crippen LogP contribution in [0.25, 0.3) is 0 Å². The van der Waals surface area contributed by atoms with Crippen LogP contribution in [0.2, 0.25) is 0 Å². The first kappa shape index (κ1) is 19.3. The van der Waals surface area contributed by atoms with Crippen LogP contribution >= 0.6 is 0 Å². The van der Waals surface area contributed by atoms with E-state index >= 15 is 0 Å². The first-order chi connectivity index (χ1) is 13.4. The number of carbonyl (C=O) groups excluding carboxylic acids is 1. The van der Waals surface area contributed by atoms with E-state index in [4.69, 9.17) is 10.5 Å². The van der Waals surface area contributed by atoms with Crippen LogP contribution in [0.15, 0.2) is 54.7 Å². The molecule has 1 amide bonds. The van der Waals surface area contributed by atoms with Crippen molar-refractivity contribution >= 4 is 11.6 Å². The van der Waals surface area contributed by atoms with Gasteiger partial charge in [-0.05, 0) is 41.5 Å². The van der Waals surface area contributed by atoms with Crippen molar-refractivity contribution in [3.05, 3.63) is 88.7 Å². The summed E-state index contributed by atoms with van der Waals surface area (Å²) in [5.41, 5.74) is 8.15. The molecule has 5 nitrogen and oxygen atoms in total. The maximum Gasteiger partial charge on any atom is 0.252 e. The van der Waals surface area contributed by atoms with Crippen LogP contribution in [-0.4, -0.2) is 18.0 Å². The predicted molar refractivity (Wildman–Crippen MR) is 102 cm³/mol. The number of nitrogens with one attached hydrogen (secondary N) is 1. The minimum atomic E-state index is -0.666. The molecule has 0 atom stereocenters. The van der Waals surface area contributed by atoms with Gasteiger partial charge >= 0.3 is 0 Å².